The number of imidazole rings is 1. The zero-order valence-electron chi connectivity index (χ0n) is 23.4. The lowest BCUT2D eigenvalue weighted by Crippen LogP contribution is -2.55. The molecule has 1 saturated heterocycles. The van der Waals surface area contributed by atoms with E-state index in [-0.39, 0.29) is 18.1 Å². The lowest BCUT2D eigenvalue weighted by atomic mass is 10.0. The third-order valence-electron chi connectivity index (χ3n) is 7.62. The van der Waals surface area contributed by atoms with Crippen LogP contribution in [0.4, 0.5) is 0 Å². The number of cyclic esters (lactones) is 1. The minimum Gasteiger partial charge on any atom is -0.460 e. The molecule has 0 amide bonds. The Morgan fingerprint density at radius 2 is 1.53 bits per heavy atom. The Kier molecular flexibility index (Phi) is 16.8. The van der Waals surface area contributed by atoms with E-state index >= 15 is 0 Å². The number of aliphatic hydroxyl groups is 1. The number of hydrogen-bond donors (Lipinski definition) is 2. The van der Waals surface area contributed by atoms with Crippen molar-refractivity contribution in [3.63, 3.8) is 0 Å². The van der Waals surface area contributed by atoms with Crippen molar-refractivity contribution in [3.8, 4) is 0 Å². The smallest absolute Gasteiger partial charge is 0.324 e. The van der Waals surface area contributed by atoms with Gasteiger partial charge in [-0.2, -0.15) is 0 Å². The number of β-amino-alcohol motifs (C(OH)–C–C–N with tert-alkyl or cyclic N) is 1. The van der Waals surface area contributed by atoms with Gasteiger partial charge in [0.1, 0.15) is 12.1 Å². The van der Waals surface area contributed by atoms with E-state index in [1.165, 1.54) is 89.9 Å². The predicted octanol–water partition coefficient (Wildman–Crippen LogP) is 6.97. The van der Waals surface area contributed by atoms with Crippen molar-refractivity contribution >= 4 is 5.97 Å². The lowest BCUT2D eigenvalue weighted by Gasteiger charge is -2.39. The number of rotatable bonds is 22. The van der Waals surface area contributed by atoms with Crippen molar-refractivity contribution in [2.75, 3.05) is 13.1 Å². The average Bonchev–Trinajstić information content (AvgIpc) is 3.38. The summed E-state index contributed by atoms with van der Waals surface area (Å²) >= 11 is 0. The van der Waals surface area contributed by atoms with Crippen LogP contribution in [0.15, 0.2) is 12.5 Å². The van der Waals surface area contributed by atoms with Crippen molar-refractivity contribution in [2.24, 2.45) is 0 Å². The second kappa shape index (κ2) is 19.7. The van der Waals surface area contributed by atoms with E-state index in [9.17, 15) is 9.90 Å². The molecular formula is C30H55N3O3. The molecule has 0 saturated carbocycles. The van der Waals surface area contributed by atoms with Crippen LogP contribution < -0.4 is 0 Å². The molecule has 2 rings (SSSR count). The first kappa shape index (κ1) is 30.8. The van der Waals surface area contributed by atoms with E-state index in [1.807, 2.05) is 0 Å². The molecule has 1 aliphatic heterocycles. The Bertz CT molecular complexity index is 650. The highest BCUT2D eigenvalue weighted by Crippen LogP contribution is 2.22. The summed E-state index contributed by atoms with van der Waals surface area (Å²) in [6.45, 7) is 5.76. The zero-order valence-corrected chi connectivity index (χ0v) is 23.4. The summed E-state index contributed by atoms with van der Waals surface area (Å²) in [4.78, 5) is 22.4. The molecule has 2 N–H and O–H groups in total. The van der Waals surface area contributed by atoms with Gasteiger partial charge in [-0.05, 0) is 19.3 Å². The number of morpholine rings is 1. The topological polar surface area (TPSA) is 78.5 Å². The highest BCUT2D eigenvalue weighted by molar-refractivity contribution is 5.77. The number of nitrogens with one attached hydrogen (secondary N) is 1. The molecule has 1 fully saturated rings. The van der Waals surface area contributed by atoms with Gasteiger partial charge in [0.2, 0.25) is 0 Å². The van der Waals surface area contributed by atoms with Crippen molar-refractivity contribution in [2.45, 2.75) is 154 Å². The van der Waals surface area contributed by atoms with Crippen LogP contribution in [0.3, 0.4) is 0 Å². The second-order valence-electron chi connectivity index (χ2n) is 11.0. The van der Waals surface area contributed by atoms with Gasteiger partial charge in [-0.1, -0.05) is 110 Å². The number of aromatic nitrogens is 2. The number of nitrogens with zero attached hydrogens (tertiary/aromatic N) is 2. The molecule has 3 unspecified atom stereocenters. The number of hydrogen-bond acceptors (Lipinski definition) is 5. The van der Waals surface area contributed by atoms with Gasteiger partial charge in [-0.25, -0.2) is 4.98 Å². The maximum absolute atomic E-state index is 13.0. The van der Waals surface area contributed by atoms with Gasteiger partial charge in [0.25, 0.3) is 0 Å². The van der Waals surface area contributed by atoms with E-state index in [1.54, 1.807) is 12.5 Å². The van der Waals surface area contributed by atoms with E-state index in [2.05, 4.69) is 28.7 Å². The van der Waals surface area contributed by atoms with Crippen LogP contribution in [0.25, 0.3) is 0 Å². The van der Waals surface area contributed by atoms with Crippen LogP contribution in [-0.4, -0.2) is 57.3 Å². The largest absolute Gasteiger partial charge is 0.460 e. The number of esters is 1. The first-order valence-corrected chi connectivity index (χ1v) is 15.2. The fourth-order valence-corrected chi connectivity index (χ4v) is 5.37. The molecule has 1 aromatic heterocycles. The van der Waals surface area contributed by atoms with Crippen molar-refractivity contribution < 1.29 is 14.6 Å². The summed E-state index contributed by atoms with van der Waals surface area (Å²) < 4.78 is 5.88. The van der Waals surface area contributed by atoms with Gasteiger partial charge in [0.05, 0.1) is 12.4 Å². The number of unbranched alkanes of at least 4 members (excludes halogenated alkanes) is 14. The quantitative estimate of drug-likeness (QED) is 0.131. The Hall–Kier alpha value is -1.40. The standard InChI is InChI=1S/C30H55N3O3/c1-3-5-7-9-11-13-15-17-19-27(34)23-33-24-28(20-18-16-14-12-10-8-6-4-2)36-30(35)29(33)21-26-22-31-25-32-26/h22,25,27-29,34H,3-21,23-24H2,1-2H3,(H,31,32). The van der Waals surface area contributed by atoms with Gasteiger partial charge in [-0.3, -0.25) is 9.69 Å². The molecule has 0 spiro atoms. The summed E-state index contributed by atoms with van der Waals surface area (Å²) in [6.07, 6.45) is 25.6. The third-order valence-corrected chi connectivity index (χ3v) is 7.62. The highest BCUT2D eigenvalue weighted by Gasteiger charge is 2.37. The van der Waals surface area contributed by atoms with Crippen molar-refractivity contribution in [3.05, 3.63) is 18.2 Å². The van der Waals surface area contributed by atoms with E-state index < -0.39 is 6.10 Å². The van der Waals surface area contributed by atoms with Crippen molar-refractivity contribution in [1.82, 2.24) is 14.9 Å². The van der Waals surface area contributed by atoms with Crippen LogP contribution in [0, 0.1) is 0 Å². The second-order valence-corrected chi connectivity index (χ2v) is 11.0. The summed E-state index contributed by atoms with van der Waals surface area (Å²) in [6, 6.07) is -0.353. The molecule has 0 aliphatic carbocycles. The first-order chi connectivity index (χ1) is 17.6. The zero-order chi connectivity index (χ0) is 25.8. The molecule has 208 valence electrons. The summed E-state index contributed by atoms with van der Waals surface area (Å²) in [5.41, 5.74) is 0.932. The molecule has 6 nitrogen and oxygen atoms in total. The van der Waals surface area contributed by atoms with E-state index in [0.717, 1.165) is 37.9 Å². The SMILES string of the molecule is CCCCCCCCCCC(O)CN1CC(CCCCCCCCCC)OC(=O)C1Cc1cnc[nH]1. The number of aliphatic hydroxyl groups excluding tert-OH is 1. The molecule has 6 heteroatoms. The average molecular weight is 506 g/mol. The summed E-state index contributed by atoms with van der Waals surface area (Å²) in [5.74, 6) is -0.153. The molecule has 3 atom stereocenters. The molecular weight excluding hydrogens is 450 g/mol. The van der Waals surface area contributed by atoms with E-state index in [4.69, 9.17) is 4.74 Å². The Morgan fingerprint density at radius 3 is 2.11 bits per heavy atom. The summed E-state index contributed by atoms with van der Waals surface area (Å²) in [7, 11) is 0. The number of carbonyl (C=O) groups is 1. The van der Waals surface area contributed by atoms with Crippen molar-refractivity contribution in [1.29, 1.82) is 0 Å². The summed E-state index contributed by atoms with van der Waals surface area (Å²) in [5, 5.41) is 10.8. The van der Waals surface area contributed by atoms with Crippen LogP contribution in [-0.2, 0) is 16.0 Å². The number of H-pyrrole nitrogens is 1. The molecule has 36 heavy (non-hydrogen) atoms. The molecule has 1 aliphatic rings. The maximum Gasteiger partial charge on any atom is 0.324 e. The first-order valence-electron chi connectivity index (χ1n) is 15.2. The maximum atomic E-state index is 13.0. The minimum atomic E-state index is -0.399. The fourth-order valence-electron chi connectivity index (χ4n) is 5.37. The molecule has 2 heterocycles. The highest BCUT2D eigenvalue weighted by atomic mass is 16.5. The van der Waals surface area contributed by atoms with Gasteiger partial charge >= 0.3 is 5.97 Å². The number of ether oxygens (including phenoxy) is 1. The monoisotopic (exact) mass is 505 g/mol. The van der Waals surface area contributed by atoms with Crippen LogP contribution in [0.2, 0.25) is 0 Å². The Labute approximate surface area is 221 Å². The Morgan fingerprint density at radius 1 is 0.944 bits per heavy atom. The molecule has 0 radical (unpaired) electrons. The van der Waals surface area contributed by atoms with Crippen LogP contribution >= 0.6 is 0 Å². The van der Waals surface area contributed by atoms with Gasteiger partial charge in [-0.15, -0.1) is 0 Å². The predicted molar refractivity (Wildman–Crippen MR) is 148 cm³/mol. The molecule has 0 bridgehead atoms. The van der Waals surface area contributed by atoms with Gasteiger partial charge in [0.15, 0.2) is 0 Å². The normalized spacial score (nSPS) is 19.5. The Balaban J connectivity index is 1.75. The lowest BCUT2D eigenvalue weighted by molar-refractivity contribution is -0.168. The van der Waals surface area contributed by atoms with Crippen LogP contribution in [0.5, 0.6) is 0 Å². The fraction of sp³-hybridized carbons (Fsp3) is 0.867. The van der Waals surface area contributed by atoms with Gasteiger partial charge in [0, 0.05) is 31.4 Å². The number of carbonyl (C=O) groups excluding carboxylic acids is 1. The third kappa shape index (κ3) is 13.2. The molecule has 0 aromatic carbocycles. The van der Waals surface area contributed by atoms with E-state index in [0.29, 0.717) is 13.0 Å². The van der Waals surface area contributed by atoms with Crippen LogP contribution in [0.1, 0.15) is 135 Å². The molecule has 1 aromatic rings. The van der Waals surface area contributed by atoms with Gasteiger partial charge < -0.3 is 14.8 Å². The number of aromatic amines is 1. The minimum absolute atomic E-state index is 0.0640.